The first-order chi connectivity index (χ1) is 12.9. The van der Waals surface area contributed by atoms with Gasteiger partial charge in [0.25, 0.3) is 0 Å². The molecule has 0 aliphatic heterocycles. The first-order valence-corrected chi connectivity index (χ1v) is 9.30. The number of ether oxygens (including phenoxy) is 2. The first-order valence-electron chi connectivity index (χ1n) is 9.30. The number of hydrogen-bond donors (Lipinski definition) is 2. The molecule has 27 heavy (non-hydrogen) atoms. The van der Waals surface area contributed by atoms with Crippen LogP contribution in [0, 0.1) is 0 Å². The topological polar surface area (TPSA) is 58.1 Å². The summed E-state index contributed by atoms with van der Waals surface area (Å²) in [4.78, 5) is 6.51. The number of para-hydroxylation sites is 1. The Balaban J connectivity index is 2.70. The summed E-state index contributed by atoms with van der Waals surface area (Å²) in [5.74, 6) is 0.949. The average molecular weight is 386 g/mol. The molecule has 0 unspecified atom stereocenters. The van der Waals surface area contributed by atoms with Gasteiger partial charge in [-0.25, -0.2) is 0 Å². The highest BCUT2D eigenvalue weighted by Crippen LogP contribution is 2.32. The van der Waals surface area contributed by atoms with Gasteiger partial charge in [-0.2, -0.15) is 8.78 Å². The van der Waals surface area contributed by atoms with Crippen LogP contribution in [0.5, 0.6) is 11.5 Å². The number of benzene rings is 1. The van der Waals surface area contributed by atoms with E-state index >= 15 is 0 Å². The zero-order chi connectivity index (χ0) is 20.2. The van der Waals surface area contributed by atoms with Crippen LogP contribution in [-0.2, 0) is 6.54 Å². The van der Waals surface area contributed by atoms with Crippen molar-refractivity contribution in [3.05, 3.63) is 23.8 Å². The molecule has 2 N–H and O–H groups in total. The van der Waals surface area contributed by atoms with Crippen molar-refractivity contribution in [2.45, 2.75) is 46.9 Å². The Morgan fingerprint density at radius 3 is 2.52 bits per heavy atom. The lowest BCUT2D eigenvalue weighted by molar-refractivity contribution is -0.0520. The van der Waals surface area contributed by atoms with Crippen LogP contribution in [0.1, 0.15) is 33.3 Å². The molecule has 0 aliphatic rings. The van der Waals surface area contributed by atoms with E-state index in [1.807, 2.05) is 0 Å². The molecule has 0 radical (unpaired) electrons. The van der Waals surface area contributed by atoms with E-state index < -0.39 is 6.61 Å². The first kappa shape index (κ1) is 23.0. The van der Waals surface area contributed by atoms with Crippen molar-refractivity contribution in [1.29, 1.82) is 0 Å². The highest BCUT2D eigenvalue weighted by atomic mass is 19.3. The fourth-order valence-corrected chi connectivity index (χ4v) is 2.69. The normalized spacial score (nSPS) is 12.0. The molecule has 8 heteroatoms. The molecule has 0 saturated heterocycles. The smallest absolute Gasteiger partial charge is 0.387 e. The molecule has 0 heterocycles. The molecule has 0 aromatic heterocycles. The van der Waals surface area contributed by atoms with Crippen LogP contribution in [0.3, 0.4) is 0 Å². The molecular weight excluding hydrogens is 354 g/mol. The zero-order valence-corrected chi connectivity index (χ0v) is 16.9. The van der Waals surface area contributed by atoms with Crippen LogP contribution >= 0.6 is 0 Å². The minimum absolute atomic E-state index is 0.0502. The monoisotopic (exact) mass is 386 g/mol. The van der Waals surface area contributed by atoms with Crippen molar-refractivity contribution in [1.82, 2.24) is 15.5 Å². The lowest BCUT2D eigenvalue weighted by Crippen LogP contribution is -2.42. The Morgan fingerprint density at radius 2 is 1.96 bits per heavy atom. The third-order valence-electron chi connectivity index (χ3n) is 4.07. The Morgan fingerprint density at radius 1 is 1.22 bits per heavy atom. The third kappa shape index (κ3) is 7.99. The van der Waals surface area contributed by atoms with E-state index in [1.54, 1.807) is 32.2 Å². The van der Waals surface area contributed by atoms with Gasteiger partial charge in [-0.3, -0.25) is 9.89 Å². The molecule has 1 rings (SSSR count). The quantitative estimate of drug-likeness (QED) is 0.452. The van der Waals surface area contributed by atoms with Gasteiger partial charge in [0, 0.05) is 38.3 Å². The molecule has 0 bridgehead atoms. The van der Waals surface area contributed by atoms with Crippen LogP contribution in [0.4, 0.5) is 8.78 Å². The molecular formula is C19H32F2N4O2. The van der Waals surface area contributed by atoms with Gasteiger partial charge < -0.3 is 20.1 Å². The van der Waals surface area contributed by atoms with Crippen LogP contribution in [0.25, 0.3) is 0 Å². The second-order valence-electron chi connectivity index (χ2n) is 6.13. The summed E-state index contributed by atoms with van der Waals surface area (Å²) in [6, 6.07) is 5.56. The van der Waals surface area contributed by atoms with E-state index in [-0.39, 0.29) is 12.3 Å². The Bertz CT molecular complexity index is 583. The highest BCUT2D eigenvalue weighted by molar-refractivity contribution is 5.79. The number of guanidine groups is 1. The van der Waals surface area contributed by atoms with Crippen molar-refractivity contribution in [3.8, 4) is 11.5 Å². The number of likely N-dealkylation sites (N-methyl/N-ethyl adjacent to an activating group) is 1. The summed E-state index contributed by atoms with van der Waals surface area (Å²) < 4.78 is 35.7. The van der Waals surface area contributed by atoms with Gasteiger partial charge in [0.2, 0.25) is 0 Å². The van der Waals surface area contributed by atoms with Crippen molar-refractivity contribution in [2.75, 3.05) is 33.3 Å². The second-order valence-corrected chi connectivity index (χ2v) is 6.13. The molecule has 0 atom stereocenters. The number of rotatable bonds is 11. The highest BCUT2D eigenvalue weighted by Gasteiger charge is 2.16. The van der Waals surface area contributed by atoms with E-state index in [2.05, 4.69) is 46.0 Å². The van der Waals surface area contributed by atoms with Crippen LogP contribution in [-0.4, -0.2) is 56.8 Å². The van der Waals surface area contributed by atoms with Crippen LogP contribution in [0.15, 0.2) is 23.2 Å². The van der Waals surface area contributed by atoms with Crippen molar-refractivity contribution >= 4 is 5.96 Å². The van der Waals surface area contributed by atoms with Gasteiger partial charge in [-0.15, -0.1) is 0 Å². The molecule has 154 valence electrons. The number of aliphatic imine (C=N–C) groups is 1. The van der Waals surface area contributed by atoms with Gasteiger partial charge in [0.15, 0.2) is 17.5 Å². The van der Waals surface area contributed by atoms with E-state index in [4.69, 9.17) is 4.74 Å². The van der Waals surface area contributed by atoms with E-state index in [9.17, 15) is 8.78 Å². The SMILES string of the molecule is CCOc1cccc(CNC(=NC)NCCN(CC)C(C)C)c1OC(F)F. The predicted octanol–water partition coefficient (Wildman–Crippen LogP) is 3.08. The van der Waals surface area contributed by atoms with E-state index in [1.165, 1.54) is 0 Å². The predicted molar refractivity (Wildman–Crippen MR) is 105 cm³/mol. The number of hydrogen-bond acceptors (Lipinski definition) is 4. The number of halogens is 2. The molecule has 0 aliphatic carbocycles. The fourth-order valence-electron chi connectivity index (χ4n) is 2.69. The minimum atomic E-state index is -2.92. The van der Waals surface area contributed by atoms with Gasteiger partial charge in [0.1, 0.15) is 0 Å². The average Bonchev–Trinajstić information content (AvgIpc) is 2.62. The second kappa shape index (κ2) is 12.3. The summed E-state index contributed by atoms with van der Waals surface area (Å²) in [5.41, 5.74) is 0.571. The number of alkyl halides is 2. The molecule has 0 spiro atoms. The summed E-state index contributed by atoms with van der Waals surface area (Å²) in [5, 5.41) is 6.37. The summed E-state index contributed by atoms with van der Waals surface area (Å²) >= 11 is 0. The minimum Gasteiger partial charge on any atom is -0.490 e. The third-order valence-corrected chi connectivity index (χ3v) is 4.07. The van der Waals surface area contributed by atoms with Gasteiger partial charge in [-0.05, 0) is 33.4 Å². The molecule has 0 amide bonds. The maximum atomic E-state index is 12.8. The molecule has 1 aromatic rings. The number of nitrogens with one attached hydrogen (secondary N) is 2. The Kier molecular flexibility index (Phi) is 10.5. The molecule has 0 saturated carbocycles. The molecule has 0 fully saturated rings. The Labute approximate surface area is 160 Å². The summed E-state index contributed by atoms with van der Waals surface area (Å²) in [7, 11) is 1.67. The van der Waals surface area contributed by atoms with Gasteiger partial charge in [0.05, 0.1) is 6.61 Å². The fraction of sp³-hybridized carbons (Fsp3) is 0.632. The van der Waals surface area contributed by atoms with Gasteiger partial charge >= 0.3 is 6.61 Å². The summed E-state index contributed by atoms with van der Waals surface area (Å²) in [6.07, 6.45) is 0. The van der Waals surface area contributed by atoms with E-state index in [0.29, 0.717) is 29.9 Å². The maximum Gasteiger partial charge on any atom is 0.387 e. The van der Waals surface area contributed by atoms with Crippen LogP contribution in [0.2, 0.25) is 0 Å². The van der Waals surface area contributed by atoms with Crippen molar-refractivity contribution in [2.24, 2.45) is 4.99 Å². The summed E-state index contributed by atoms with van der Waals surface area (Å²) in [6.45, 7) is 8.55. The Hall–Kier alpha value is -2.09. The van der Waals surface area contributed by atoms with Crippen LogP contribution < -0.4 is 20.1 Å². The van der Waals surface area contributed by atoms with E-state index in [0.717, 1.165) is 19.6 Å². The number of nitrogens with zero attached hydrogens (tertiary/aromatic N) is 2. The lowest BCUT2D eigenvalue weighted by Gasteiger charge is -2.25. The maximum absolute atomic E-state index is 12.8. The molecule has 6 nitrogen and oxygen atoms in total. The van der Waals surface area contributed by atoms with Crippen molar-refractivity contribution in [3.63, 3.8) is 0 Å². The standard InChI is InChI=1S/C19H32F2N4O2/c1-6-25(14(3)4)12-11-23-19(22-5)24-13-15-9-8-10-16(26-7-2)17(15)27-18(20)21/h8-10,14,18H,6-7,11-13H2,1-5H3,(H2,22,23,24). The van der Waals surface area contributed by atoms with Crippen molar-refractivity contribution < 1.29 is 18.3 Å². The molecule has 1 aromatic carbocycles. The van der Waals surface area contributed by atoms with Gasteiger partial charge in [-0.1, -0.05) is 19.1 Å². The largest absolute Gasteiger partial charge is 0.490 e. The zero-order valence-electron chi connectivity index (χ0n) is 16.9. The lowest BCUT2D eigenvalue weighted by atomic mass is 10.2.